The zero-order valence-corrected chi connectivity index (χ0v) is 12.5. The first-order valence-electron chi connectivity index (χ1n) is 7.11. The fourth-order valence-electron chi connectivity index (χ4n) is 2.51. The lowest BCUT2D eigenvalue weighted by Gasteiger charge is -2.33. The van der Waals surface area contributed by atoms with E-state index in [-0.39, 0.29) is 11.8 Å². The Morgan fingerprint density at radius 3 is 2.50 bits per heavy atom. The molecule has 4 nitrogen and oxygen atoms in total. The van der Waals surface area contributed by atoms with E-state index in [1.54, 1.807) is 6.20 Å². The summed E-state index contributed by atoms with van der Waals surface area (Å²) < 4.78 is 10.4. The molecule has 0 N–H and O–H groups in total. The second-order valence-corrected chi connectivity index (χ2v) is 5.05. The van der Waals surface area contributed by atoms with E-state index in [4.69, 9.17) is 9.47 Å². The van der Waals surface area contributed by atoms with Crippen molar-refractivity contribution in [3.05, 3.63) is 72.1 Å². The standard InChI is InChI=1S/C18H17NO3/c1-13(14-8-4-3-5-9-14)19-12-17(18(20)21-2)22-16-11-7-6-10-15(16)19/h3-13H,1-2H3/t13-/m0/s1. The zero-order valence-electron chi connectivity index (χ0n) is 12.5. The number of methoxy groups -OCH3 is 1. The molecule has 1 aliphatic heterocycles. The Hall–Kier alpha value is -2.75. The minimum absolute atomic E-state index is 0.0610. The summed E-state index contributed by atoms with van der Waals surface area (Å²) in [5, 5.41) is 0. The van der Waals surface area contributed by atoms with Crippen LogP contribution in [0.15, 0.2) is 66.6 Å². The van der Waals surface area contributed by atoms with Crippen molar-refractivity contribution in [2.45, 2.75) is 13.0 Å². The molecule has 0 aromatic heterocycles. The summed E-state index contributed by atoms with van der Waals surface area (Å²) in [5.41, 5.74) is 2.08. The van der Waals surface area contributed by atoms with E-state index in [1.165, 1.54) is 7.11 Å². The Morgan fingerprint density at radius 1 is 1.09 bits per heavy atom. The van der Waals surface area contributed by atoms with E-state index in [9.17, 15) is 4.79 Å². The highest BCUT2D eigenvalue weighted by Gasteiger charge is 2.27. The Morgan fingerprint density at radius 2 is 1.77 bits per heavy atom. The molecule has 0 amide bonds. The SMILES string of the molecule is COC(=O)C1=CN([C@@H](C)c2ccccc2)c2ccccc2O1. The molecule has 0 aliphatic carbocycles. The zero-order chi connectivity index (χ0) is 15.5. The smallest absolute Gasteiger partial charge is 0.375 e. The van der Waals surface area contributed by atoms with Crippen LogP contribution in [-0.4, -0.2) is 13.1 Å². The van der Waals surface area contributed by atoms with Gasteiger partial charge in [-0.15, -0.1) is 0 Å². The molecule has 2 aromatic rings. The van der Waals surface area contributed by atoms with Crippen LogP contribution in [0, 0.1) is 0 Å². The molecule has 1 aliphatic rings. The Balaban J connectivity index is 2.03. The van der Waals surface area contributed by atoms with E-state index in [0.29, 0.717) is 5.75 Å². The maximum atomic E-state index is 11.8. The van der Waals surface area contributed by atoms with Crippen LogP contribution in [0.1, 0.15) is 18.5 Å². The van der Waals surface area contributed by atoms with E-state index in [1.807, 2.05) is 47.4 Å². The van der Waals surface area contributed by atoms with Crippen molar-refractivity contribution in [3.63, 3.8) is 0 Å². The lowest BCUT2D eigenvalue weighted by Crippen LogP contribution is -2.28. The Kier molecular flexibility index (Phi) is 3.83. The van der Waals surface area contributed by atoms with Gasteiger partial charge < -0.3 is 14.4 Å². The van der Waals surface area contributed by atoms with Gasteiger partial charge in [-0.25, -0.2) is 4.79 Å². The van der Waals surface area contributed by atoms with Crippen LogP contribution in [0.2, 0.25) is 0 Å². The minimum atomic E-state index is -0.486. The summed E-state index contributed by atoms with van der Waals surface area (Å²) in [6, 6.07) is 17.8. The molecule has 0 radical (unpaired) electrons. The van der Waals surface area contributed by atoms with E-state index >= 15 is 0 Å². The number of hydrogen-bond acceptors (Lipinski definition) is 4. The molecule has 0 fully saturated rings. The summed E-state index contributed by atoms with van der Waals surface area (Å²) in [5.74, 6) is 0.344. The normalized spacial score (nSPS) is 14.5. The third kappa shape index (κ3) is 2.55. The van der Waals surface area contributed by atoms with Crippen molar-refractivity contribution in [1.29, 1.82) is 0 Å². The molecule has 1 atom stereocenters. The van der Waals surface area contributed by atoms with Crippen LogP contribution in [-0.2, 0) is 9.53 Å². The molecule has 0 bridgehead atoms. The quantitative estimate of drug-likeness (QED) is 0.810. The van der Waals surface area contributed by atoms with Gasteiger partial charge in [0.25, 0.3) is 0 Å². The number of rotatable bonds is 3. The molecular weight excluding hydrogens is 278 g/mol. The molecule has 0 saturated carbocycles. The lowest BCUT2D eigenvalue weighted by molar-refractivity contribution is -0.138. The molecule has 22 heavy (non-hydrogen) atoms. The average Bonchev–Trinajstić information content (AvgIpc) is 2.60. The van der Waals surface area contributed by atoms with Crippen LogP contribution in [0.4, 0.5) is 5.69 Å². The number of esters is 1. The number of ether oxygens (including phenoxy) is 2. The molecular formula is C18H17NO3. The highest BCUT2D eigenvalue weighted by molar-refractivity contribution is 5.88. The lowest BCUT2D eigenvalue weighted by atomic mass is 10.1. The van der Waals surface area contributed by atoms with Crippen LogP contribution in [0.25, 0.3) is 0 Å². The summed E-state index contributed by atoms with van der Waals surface area (Å²) in [7, 11) is 1.35. The van der Waals surface area contributed by atoms with Gasteiger partial charge in [0.2, 0.25) is 5.76 Å². The minimum Gasteiger partial charge on any atom is -0.463 e. The second-order valence-electron chi connectivity index (χ2n) is 5.05. The maximum Gasteiger partial charge on any atom is 0.375 e. The fourth-order valence-corrected chi connectivity index (χ4v) is 2.51. The van der Waals surface area contributed by atoms with Gasteiger partial charge in [0.05, 0.1) is 25.0 Å². The number of para-hydroxylation sites is 2. The number of fused-ring (bicyclic) bond motifs is 1. The third-order valence-corrected chi connectivity index (χ3v) is 3.71. The number of hydrogen-bond donors (Lipinski definition) is 0. The summed E-state index contributed by atoms with van der Waals surface area (Å²) in [6.45, 7) is 2.09. The highest BCUT2D eigenvalue weighted by atomic mass is 16.6. The number of benzene rings is 2. The van der Waals surface area contributed by atoms with Gasteiger partial charge in [0.1, 0.15) is 0 Å². The summed E-state index contributed by atoms with van der Waals surface area (Å²) in [4.78, 5) is 13.9. The van der Waals surface area contributed by atoms with Gasteiger partial charge in [-0.05, 0) is 24.6 Å². The number of carbonyl (C=O) groups is 1. The first-order valence-corrected chi connectivity index (χ1v) is 7.11. The van der Waals surface area contributed by atoms with Crippen molar-refractivity contribution in [2.24, 2.45) is 0 Å². The monoisotopic (exact) mass is 295 g/mol. The van der Waals surface area contributed by atoms with E-state index in [2.05, 4.69) is 19.1 Å². The predicted octanol–water partition coefficient (Wildman–Crippen LogP) is 3.66. The number of carbonyl (C=O) groups excluding carboxylic acids is 1. The van der Waals surface area contributed by atoms with Gasteiger partial charge in [-0.3, -0.25) is 0 Å². The van der Waals surface area contributed by atoms with Crippen LogP contribution < -0.4 is 9.64 Å². The largest absolute Gasteiger partial charge is 0.463 e. The number of nitrogens with zero attached hydrogens (tertiary/aromatic N) is 1. The van der Waals surface area contributed by atoms with Crippen molar-refractivity contribution in [2.75, 3.05) is 12.0 Å². The van der Waals surface area contributed by atoms with Crippen molar-refractivity contribution >= 4 is 11.7 Å². The highest BCUT2D eigenvalue weighted by Crippen LogP contribution is 2.39. The van der Waals surface area contributed by atoms with E-state index < -0.39 is 5.97 Å². The molecule has 3 rings (SSSR count). The van der Waals surface area contributed by atoms with Crippen LogP contribution in [0.3, 0.4) is 0 Å². The Labute approximate surface area is 129 Å². The molecule has 0 saturated heterocycles. The van der Waals surface area contributed by atoms with Gasteiger partial charge >= 0.3 is 5.97 Å². The van der Waals surface area contributed by atoms with Crippen molar-refractivity contribution in [1.82, 2.24) is 0 Å². The molecule has 1 heterocycles. The second kappa shape index (κ2) is 5.93. The number of anilines is 1. The maximum absolute atomic E-state index is 11.8. The third-order valence-electron chi connectivity index (χ3n) is 3.71. The summed E-state index contributed by atoms with van der Waals surface area (Å²) >= 11 is 0. The van der Waals surface area contributed by atoms with Gasteiger partial charge in [-0.1, -0.05) is 42.5 Å². The first-order chi connectivity index (χ1) is 10.7. The van der Waals surface area contributed by atoms with Crippen molar-refractivity contribution < 1.29 is 14.3 Å². The van der Waals surface area contributed by atoms with Gasteiger partial charge in [0, 0.05) is 0 Å². The summed E-state index contributed by atoms with van der Waals surface area (Å²) in [6.07, 6.45) is 1.70. The van der Waals surface area contributed by atoms with E-state index in [0.717, 1.165) is 11.3 Å². The average molecular weight is 295 g/mol. The van der Waals surface area contributed by atoms with Crippen LogP contribution in [0.5, 0.6) is 5.75 Å². The molecule has 2 aromatic carbocycles. The predicted molar refractivity (Wildman–Crippen MR) is 84.5 cm³/mol. The van der Waals surface area contributed by atoms with Crippen molar-refractivity contribution in [3.8, 4) is 5.75 Å². The molecule has 0 unspecified atom stereocenters. The van der Waals surface area contributed by atoms with Gasteiger partial charge in [-0.2, -0.15) is 0 Å². The Bertz CT molecular complexity index is 709. The van der Waals surface area contributed by atoms with Gasteiger partial charge in [0.15, 0.2) is 5.75 Å². The topological polar surface area (TPSA) is 38.8 Å². The molecule has 0 spiro atoms. The molecule has 4 heteroatoms. The fraction of sp³-hybridized carbons (Fsp3) is 0.167. The first kappa shape index (κ1) is 14.2. The molecule has 112 valence electrons. The van der Waals surface area contributed by atoms with Crippen LogP contribution >= 0.6 is 0 Å².